The molecule has 0 saturated heterocycles. The van der Waals surface area contributed by atoms with Crippen LogP contribution in [0.5, 0.6) is 0 Å². The molecule has 0 bridgehead atoms. The summed E-state index contributed by atoms with van der Waals surface area (Å²) < 4.78 is 0. The molecule has 0 aromatic heterocycles. The molecule has 5 N–H and O–H groups in total. The molecule has 0 spiro atoms. The Morgan fingerprint density at radius 3 is 2.73 bits per heavy atom. The molecule has 1 amide bonds. The van der Waals surface area contributed by atoms with Crippen molar-refractivity contribution in [2.45, 2.75) is 32.1 Å². The molecule has 15 heavy (non-hydrogen) atoms. The molecule has 0 heterocycles. The lowest BCUT2D eigenvalue weighted by Gasteiger charge is -2.17. The second-order valence-corrected chi connectivity index (χ2v) is 4.32. The molecule has 1 aliphatic carbocycles. The van der Waals surface area contributed by atoms with Crippen LogP contribution >= 0.6 is 0 Å². The molecule has 2 unspecified atom stereocenters. The van der Waals surface area contributed by atoms with E-state index in [2.05, 4.69) is 5.32 Å². The van der Waals surface area contributed by atoms with Crippen LogP contribution < -0.4 is 16.8 Å². The van der Waals surface area contributed by atoms with Crippen molar-refractivity contribution < 1.29 is 4.79 Å². The standard InChI is InChI=1S/C11H23N3O/c12-6-1-2-7-14-11(15)10-5-3-4-9(10)8-13/h9-10H,1-8,12-13H2,(H,14,15). The second kappa shape index (κ2) is 6.80. The number of nitrogens with one attached hydrogen (secondary N) is 1. The summed E-state index contributed by atoms with van der Waals surface area (Å²) in [7, 11) is 0. The number of unbranched alkanes of at least 4 members (excludes halogenated alkanes) is 1. The van der Waals surface area contributed by atoms with Crippen molar-refractivity contribution in [1.82, 2.24) is 5.32 Å². The van der Waals surface area contributed by atoms with Crippen molar-refractivity contribution in [3.8, 4) is 0 Å². The van der Waals surface area contributed by atoms with Crippen LogP contribution in [0.15, 0.2) is 0 Å². The first-order valence-corrected chi connectivity index (χ1v) is 5.97. The summed E-state index contributed by atoms with van der Waals surface area (Å²) >= 11 is 0. The zero-order valence-corrected chi connectivity index (χ0v) is 9.37. The lowest BCUT2D eigenvalue weighted by atomic mass is 9.95. The molecule has 0 aliphatic heterocycles. The third kappa shape index (κ3) is 3.80. The van der Waals surface area contributed by atoms with E-state index in [9.17, 15) is 4.79 Å². The Hall–Kier alpha value is -0.610. The molecule has 1 saturated carbocycles. The molecule has 0 aromatic carbocycles. The van der Waals surface area contributed by atoms with Crippen LogP contribution in [0, 0.1) is 11.8 Å². The van der Waals surface area contributed by atoms with Gasteiger partial charge in [0.05, 0.1) is 0 Å². The first-order chi connectivity index (χ1) is 7.29. The summed E-state index contributed by atoms with van der Waals surface area (Å²) in [4.78, 5) is 11.8. The van der Waals surface area contributed by atoms with Gasteiger partial charge in [0, 0.05) is 12.5 Å². The van der Waals surface area contributed by atoms with Crippen molar-refractivity contribution in [3.05, 3.63) is 0 Å². The van der Waals surface area contributed by atoms with E-state index < -0.39 is 0 Å². The maximum absolute atomic E-state index is 11.8. The molecule has 0 aromatic rings. The Bertz CT molecular complexity index is 196. The Kier molecular flexibility index (Phi) is 5.65. The molecule has 2 atom stereocenters. The fourth-order valence-electron chi connectivity index (χ4n) is 2.28. The molecule has 1 aliphatic rings. The normalized spacial score (nSPS) is 25.5. The summed E-state index contributed by atoms with van der Waals surface area (Å²) in [6.07, 6.45) is 5.21. The van der Waals surface area contributed by atoms with Gasteiger partial charge in [-0.2, -0.15) is 0 Å². The summed E-state index contributed by atoms with van der Waals surface area (Å²) in [5.74, 6) is 0.757. The van der Waals surface area contributed by atoms with Gasteiger partial charge in [-0.3, -0.25) is 4.79 Å². The van der Waals surface area contributed by atoms with Crippen LogP contribution in [0.4, 0.5) is 0 Å². The van der Waals surface area contributed by atoms with E-state index in [0.717, 1.165) is 38.6 Å². The van der Waals surface area contributed by atoms with Gasteiger partial charge in [-0.1, -0.05) is 6.42 Å². The van der Waals surface area contributed by atoms with Gasteiger partial charge < -0.3 is 16.8 Å². The van der Waals surface area contributed by atoms with E-state index in [1.165, 1.54) is 0 Å². The smallest absolute Gasteiger partial charge is 0.223 e. The van der Waals surface area contributed by atoms with Crippen LogP contribution in [0.3, 0.4) is 0 Å². The largest absolute Gasteiger partial charge is 0.356 e. The van der Waals surface area contributed by atoms with E-state index in [1.54, 1.807) is 0 Å². The minimum atomic E-state index is 0.160. The number of hydrogen-bond donors (Lipinski definition) is 3. The predicted molar refractivity (Wildman–Crippen MR) is 61.2 cm³/mol. The van der Waals surface area contributed by atoms with Gasteiger partial charge in [0.25, 0.3) is 0 Å². The zero-order chi connectivity index (χ0) is 11.1. The third-order valence-electron chi connectivity index (χ3n) is 3.23. The SMILES string of the molecule is NCCCCNC(=O)C1CCCC1CN. The van der Waals surface area contributed by atoms with Crippen molar-refractivity contribution in [2.75, 3.05) is 19.6 Å². The van der Waals surface area contributed by atoms with Crippen LogP contribution in [-0.4, -0.2) is 25.5 Å². The molecule has 88 valence electrons. The van der Waals surface area contributed by atoms with Gasteiger partial charge in [0.15, 0.2) is 0 Å². The van der Waals surface area contributed by atoms with E-state index in [4.69, 9.17) is 11.5 Å². The fraction of sp³-hybridized carbons (Fsp3) is 0.909. The number of nitrogens with two attached hydrogens (primary N) is 2. The average molecular weight is 213 g/mol. The van der Waals surface area contributed by atoms with Crippen molar-refractivity contribution >= 4 is 5.91 Å². The van der Waals surface area contributed by atoms with Crippen LogP contribution in [0.1, 0.15) is 32.1 Å². The number of hydrogen-bond acceptors (Lipinski definition) is 3. The average Bonchev–Trinajstić information content (AvgIpc) is 2.72. The highest BCUT2D eigenvalue weighted by Crippen LogP contribution is 2.30. The van der Waals surface area contributed by atoms with E-state index >= 15 is 0 Å². The van der Waals surface area contributed by atoms with Gasteiger partial charge in [-0.05, 0) is 44.7 Å². The lowest BCUT2D eigenvalue weighted by molar-refractivity contribution is -0.125. The summed E-state index contributed by atoms with van der Waals surface area (Å²) in [6, 6.07) is 0. The Morgan fingerprint density at radius 2 is 2.07 bits per heavy atom. The second-order valence-electron chi connectivity index (χ2n) is 4.32. The molecular weight excluding hydrogens is 190 g/mol. The van der Waals surface area contributed by atoms with E-state index in [-0.39, 0.29) is 11.8 Å². The van der Waals surface area contributed by atoms with Gasteiger partial charge in [-0.25, -0.2) is 0 Å². The third-order valence-corrected chi connectivity index (χ3v) is 3.23. The molecule has 1 rings (SSSR count). The van der Waals surface area contributed by atoms with E-state index in [0.29, 0.717) is 19.0 Å². The Morgan fingerprint density at radius 1 is 1.27 bits per heavy atom. The zero-order valence-electron chi connectivity index (χ0n) is 9.37. The van der Waals surface area contributed by atoms with Gasteiger partial charge in [-0.15, -0.1) is 0 Å². The molecular formula is C11H23N3O. The highest BCUT2D eigenvalue weighted by molar-refractivity contribution is 5.79. The molecule has 4 heteroatoms. The number of carbonyl (C=O) groups is 1. The van der Waals surface area contributed by atoms with Gasteiger partial charge in [0.1, 0.15) is 0 Å². The molecule has 1 fully saturated rings. The maximum atomic E-state index is 11.8. The quantitative estimate of drug-likeness (QED) is 0.552. The van der Waals surface area contributed by atoms with Crippen molar-refractivity contribution in [3.63, 3.8) is 0 Å². The summed E-state index contributed by atoms with van der Waals surface area (Å²) in [5.41, 5.74) is 11.0. The predicted octanol–water partition coefficient (Wildman–Crippen LogP) is 0.217. The highest BCUT2D eigenvalue weighted by atomic mass is 16.1. The Labute approximate surface area is 91.8 Å². The molecule has 0 radical (unpaired) electrons. The molecule has 4 nitrogen and oxygen atoms in total. The summed E-state index contributed by atoms with van der Waals surface area (Å²) in [5, 5.41) is 2.97. The first-order valence-electron chi connectivity index (χ1n) is 5.97. The number of carbonyl (C=O) groups excluding carboxylic acids is 1. The monoisotopic (exact) mass is 213 g/mol. The maximum Gasteiger partial charge on any atom is 0.223 e. The Balaban J connectivity index is 2.21. The van der Waals surface area contributed by atoms with Crippen LogP contribution in [0.2, 0.25) is 0 Å². The van der Waals surface area contributed by atoms with Crippen LogP contribution in [0.25, 0.3) is 0 Å². The number of rotatable bonds is 6. The lowest BCUT2D eigenvalue weighted by Crippen LogP contribution is -2.35. The van der Waals surface area contributed by atoms with Crippen LogP contribution in [-0.2, 0) is 4.79 Å². The number of amides is 1. The minimum Gasteiger partial charge on any atom is -0.356 e. The summed E-state index contributed by atoms with van der Waals surface area (Å²) in [6.45, 7) is 2.09. The van der Waals surface area contributed by atoms with Crippen molar-refractivity contribution in [2.24, 2.45) is 23.3 Å². The fourth-order valence-corrected chi connectivity index (χ4v) is 2.28. The first kappa shape index (κ1) is 12.5. The highest BCUT2D eigenvalue weighted by Gasteiger charge is 2.31. The van der Waals surface area contributed by atoms with Gasteiger partial charge in [0.2, 0.25) is 5.91 Å². The topological polar surface area (TPSA) is 81.1 Å². The van der Waals surface area contributed by atoms with E-state index in [1.807, 2.05) is 0 Å². The minimum absolute atomic E-state index is 0.160. The van der Waals surface area contributed by atoms with Crippen molar-refractivity contribution in [1.29, 1.82) is 0 Å². The van der Waals surface area contributed by atoms with Gasteiger partial charge >= 0.3 is 0 Å².